The number of nitrogens with zero attached hydrogens (tertiary/aromatic N) is 2. The predicted molar refractivity (Wildman–Crippen MR) is 85.2 cm³/mol. The molecule has 0 unspecified atom stereocenters. The normalized spacial score (nSPS) is 12.1. The van der Waals surface area contributed by atoms with Gasteiger partial charge in [0.2, 0.25) is 0 Å². The van der Waals surface area contributed by atoms with Crippen molar-refractivity contribution in [3.8, 4) is 0 Å². The summed E-state index contributed by atoms with van der Waals surface area (Å²) in [5.74, 6) is -0.728. The number of hydrazone groups is 1. The molecule has 2 rings (SSSR count). The molecular formula is C15H12ClN3O4. The molecule has 8 heteroatoms. The molecular weight excluding hydrogens is 322 g/mol. The van der Waals surface area contributed by atoms with Crippen molar-refractivity contribution in [1.29, 1.82) is 0 Å². The zero-order valence-corrected chi connectivity index (χ0v) is 12.5. The maximum absolute atomic E-state index is 11.8. The Morgan fingerprint density at radius 3 is 2.65 bits per heavy atom. The molecule has 0 spiro atoms. The summed E-state index contributed by atoms with van der Waals surface area (Å²) >= 11 is 5.90. The zero-order chi connectivity index (χ0) is 16.8. The van der Waals surface area contributed by atoms with E-state index in [1.807, 2.05) is 0 Å². The molecule has 0 aromatic heterocycles. The van der Waals surface area contributed by atoms with Crippen LogP contribution in [0.4, 0.5) is 5.69 Å². The third kappa shape index (κ3) is 4.35. The van der Waals surface area contributed by atoms with Crippen LogP contribution < -0.4 is 5.43 Å². The van der Waals surface area contributed by atoms with E-state index in [1.165, 1.54) is 24.4 Å². The molecule has 0 bridgehead atoms. The number of halogens is 1. The first-order valence-electron chi connectivity index (χ1n) is 6.49. The van der Waals surface area contributed by atoms with Crippen molar-refractivity contribution in [3.05, 3.63) is 74.8 Å². The zero-order valence-electron chi connectivity index (χ0n) is 11.7. The van der Waals surface area contributed by atoms with Crippen LogP contribution in [0.15, 0.2) is 53.6 Å². The minimum atomic E-state index is -1.37. The number of aliphatic hydroxyl groups excluding tert-OH is 1. The van der Waals surface area contributed by atoms with Gasteiger partial charge in [-0.2, -0.15) is 5.10 Å². The van der Waals surface area contributed by atoms with Crippen molar-refractivity contribution < 1.29 is 14.8 Å². The van der Waals surface area contributed by atoms with Gasteiger partial charge in [-0.25, -0.2) is 5.43 Å². The summed E-state index contributed by atoms with van der Waals surface area (Å²) in [5.41, 5.74) is 2.71. The number of carbonyl (C=O) groups excluding carboxylic acids is 1. The standard InChI is InChI=1S/C15H12ClN3O4/c16-13-7-6-12(19(22)23)8-11(13)9-17-18-15(21)14(20)10-4-2-1-3-5-10/h1-9,14,20H,(H,18,21)/b17-9-/t14-/m0/s1. The Balaban J connectivity index is 2.05. The number of non-ortho nitro benzene ring substituents is 1. The highest BCUT2D eigenvalue weighted by atomic mass is 35.5. The summed E-state index contributed by atoms with van der Waals surface area (Å²) < 4.78 is 0. The van der Waals surface area contributed by atoms with Crippen LogP contribution in [0.2, 0.25) is 5.02 Å². The highest BCUT2D eigenvalue weighted by Crippen LogP contribution is 2.20. The highest BCUT2D eigenvalue weighted by Gasteiger charge is 2.16. The fourth-order valence-corrected chi connectivity index (χ4v) is 1.92. The predicted octanol–water partition coefficient (Wildman–Crippen LogP) is 2.43. The van der Waals surface area contributed by atoms with E-state index < -0.39 is 16.9 Å². The van der Waals surface area contributed by atoms with E-state index in [9.17, 15) is 20.0 Å². The lowest BCUT2D eigenvalue weighted by atomic mass is 10.1. The summed E-state index contributed by atoms with van der Waals surface area (Å²) in [7, 11) is 0. The van der Waals surface area contributed by atoms with Gasteiger partial charge in [0.15, 0.2) is 6.10 Å². The topological polar surface area (TPSA) is 105 Å². The summed E-state index contributed by atoms with van der Waals surface area (Å²) in [6, 6.07) is 12.2. The van der Waals surface area contributed by atoms with Gasteiger partial charge in [0.25, 0.3) is 11.6 Å². The van der Waals surface area contributed by atoms with Gasteiger partial charge in [0.1, 0.15) is 0 Å². The number of nitro groups is 1. The van der Waals surface area contributed by atoms with Crippen molar-refractivity contribution in [1.82, 2.24) is 5.43 Å². The largest absolute Gasteiger partial charge is 0.378 e. The second-order valence-corrected chi connectivity index (χ2v) is 4.92. The van der Waals surface area contributed by atoms with Crippen molar-refractivity contribution >= 4 is 29.4 Å². The lowest BCUT2D eigenvalue weighted by molar-refractivity contribution is -0.384. The Hall–Kier alpha value is -2.77. The molecule has 118 valence electrons. The van der Waals surface area contributed by atoms with E-state index in [4.69, 9.17) is 11.6 Å². The molecule has 2 aromatic rings. The summed E-state index contributed by atoms with van der Waals surface area (Å²) in [5, 5.41) is 24.5. The quantitative estimate of drug-likeness (QED) is 0.498. The Kier molecular flexibility index (Phi) is 5.40. The average Bonchev–Trinajstić information content (AvgIpc) is 2.56. The van der Waals surface area contributed by atoms with Gasteiger partial charge in [0, 0.05) is 22.7 Å². The van der Waals surface area contributed by atoms with Crippen molar-refractivity contribution in [2.24, 2.45) is 5.10 Å². The molecule has 0 aliphatic carbocycles. The summed E-state index contributed by atoms with van der Waals surface area (Å²) in [6.07, 6.45) is -0.195. The highest BCUT2D eigenvalue weighted by molar-refractivity contribution is 6.33. The lowest BCUT2D eigenvalue weighted by Crippen LogP contribution is -2.25. The van der Waals surface area contributed by atoms with E-state index in [1.54, 1.807) is 30.3 Å². The van der Waals surface area contributed by atoms with Crippen molar-refractivity contribution in [3.63, 3.8) is 0 Å². The number of rotatable bonds is 5. The number of benzene rings is 2. The van der Waals surface area contributed by atoms with Crippen molar-refractivity contribution in [2.75, 3.05) is 0 Å². The minimum Gasteiger partial charge on any atom is -0.378 e. The van der Waals surface area contributed by atoms with E-state index in [0.29, 0.717) is 5.56 Å². The minimum absolute atomic E-state index is 0.147. The van der Waals surface area contributed by atoms with E-state index >= 15 is 0 Å². The SMILES string of the molecule is O=C(N/N=C\c1cc([N+](=O)[O-])ccc1Cl)[C@@H](O)c1ccccc1. The van der Waals surface area contributed by atoms with Gasteiger partial charge < -0.3 is 5.11 Å². The monoisotopic (exact) mass is 333 g/mol. The fraction of sp³-hybridized carbons (Fsp3) is 0.0667. The van der Waals surface area contributed by atoms with Crippen LogP contribution in [-0.4, -0.2) is 22.2 Å². The number of nitro benzene ring substituents is 1. The van der Waals surface area contributed by atoms with Crippen LogP contribution in [0.1, 0.15) is 17.2 Å². The maximum atomic E-state index is 11.8. The molecule has 2 N–H and O–H groups in total. The van der Waals surface area contributed by atoms with E-state index in [2.05, 4.69) is 10.5 Å². The second kappa shape index (κ2) is 7.48. The number of hydrogen-bond acceptors (Lipinski definition) is 5. The second-order valence-electron chi connectivity index (χ2n) is 4.51. The third-order valence-corrected chi connectivity index (χ3v) is 3.28. The molecule has 0 saturated carbocycles. The van der Waals surface area contributed by atoms with Gasteiger partial charge in [-0.05, 0) is 11.6 Å². The molecule has 0 heterocycles. The van der Waals surface area contributed by atoms with E-state index in [-0.39, 0.29) is 16.3 Å². The van der Waals surface area contributed by atoms with Crippen LogP contribution in [-0.2, 0) is 4.79 Å². The molecule has 0 radical (unpaired) electrons. The van der Waals surface area contributed by atoms with Gasteiger partial charge in [-0.3, -0.25) is 14.9 Å². The van der Waals surface area contributed by atoms with Crippen LogP contribution in [0.3, 0.4) is 0 Å². The van der Waals surface area contributed by atoms with Gasteiger partial charge in [-0.15, -0.1) is 0 Å². The lowest BCUT2D eigenvalue weighted by Gasteiger charge is -2.08. The number of carbonyl (C=O) groups is 1. The molecule has 7 nitrogen and oxygen atoms in total. The van der Waals surface area contributed by atoms with Gasteiger partial charge in [-0.1, -0.05) is 41.9 Å². The molecule has 0 fully saturated rings. The Morgan fingerprint density at radius 1 is 1.30 bits per heavy atom. The molecule has 23 heavy (non-hydrogen) atoms. The Bertz CT molecular complexity index is 750. The first-order valence-corrected chi connectivity index (χ1v) is 6.86. The maximum Gasteiger partial charge on any atom is 0.273 e. The molecule has 0 aliphatic rings. The number of amides is 1. The third-order valence-electron chi connectivity index (χ3n) is 2.93. The molecule has 0 saturated heterocycles. The van der Waals surface area contributed by atoms with E-state index in [0.717, 1.165) is 0 Å². The van der Waals surface area contributed by atoms with Gasteiger partial charge in [0.05, 0.1) is 11.1 Å². The van der Waals surface area contributed by atoms with Crippen molar-refractivity contribution in [2.45, 2.75) is 6.10 Å². The average molecular weight is 334 g/mol. The summed E-state index contributed by atoms with van der Waals surface area (Å²) in [6.45, 7) is 0. The first-order chi connectivity index (χ1) is 11.0. The fourth-order valence-electron chi connectivity index (χ4n) is 1.76. The Labute approximate surface area is 136 Å². The molecule has 2 aromatic carbocycles. The van der Waals surface area contributed by atoms with Crippen LogP contribution >= 0.6 is 11.6 Å². The molecule has 1 atom stereocenters. The van der Waals surface area contributed by atoms with Crippen LogP contribution in [0.25, 0.3) is 0 Å². The number of nitrogens with one attached hydrogen (secondary N) is 1. The first kappa shape index (κ1) is 16.6. The Morgan fingerprint density at radius 2 is 2.00 bits per heavy atom. The van der Waals surface area contributed by atoms with Crippen LogP contribution in [0, 0.1) is 10.1 Å². The number of aliphatic hydroxyl groups is 1. The van der Waals surface area contributed by atoms with Crippen LogP contribution in [0.5, 0.6) is 0 Å². The molecule has 1 amide bonds. The van der Waals surface area contributed by atoms with Gasteiger partial charge >= 0.3 is 0 Å². The molecule has 0 aliphatic heterocycles. The smallest absolute Gasteiger partial charge is 0.273 e. The number of hydrogen-bond donors (Lipinski definition) is 2. The summed E-state index contributed by atoms with van der Waals surface area (Å²) in [4.78, 5) is 21.9.